The van der Waals surface area contributed by atoms with E-state index in [-0.39, 0.29) is 0 Å². The third-order valence-electron chi connectivity index (χ3n) is 3.38. The van der Waals surface area contributed by atoms with Gasteiger partial charge in [-0.15, -0.1) is 0 Å². The number of hydrogen-bond acceptors (Lipinski definition) is 6. The van der Waals surface area contributed by atoms with Gasteiger partial charge in [0, 0.05) is 24.6 Å². The summed E-state index contributed by atoms with van der Waals surface area (Å²) in [6, 6.07) is 10.7. The van der Waals surface area contributed by atoms with E-state index in [9.17, 15) is 4.79 Å². The Balaban J connectivity index is 1.77. The highest BCUT2D eigenvalue weighted by atomic mass is 35.5. The molecule has 124 valence electrons. The van der Waals surface area contributed by atoms with Crippen LogP contribution in [0, 0.1) is 0 Å². The maximum Gasteiger partial charge on any atom is 0.308 e. The van der Waals surface area contributed by atoms with Crippen LogP contribution in [0.15, 0.2) is 40.9 Å². The minimum absolute atomic E-state index is 0.385. The van der Waals surface area contributed by atoms with E-state index in [0.29, 0.717) is 34.5 Å². The SMILES string of the molecule is COc1cc(CNc2noc3cc(Cl)ccc23)ccc1OC(C)=O. The van der Waals surface area contributed by atoms with Crippen LogP contribution in [-0.2, 0) is 11.3 Å². The lowest BCUT2D eigenvalue weighted by molar-refractivity contribution is -0.132. The lowest BCUT2D eigenvalue weighted by Crippen LogP contribution is -2.04. The van der Waals surface area contributed by atoms with Crippen LogP contribution in [0.5, 0.6) is 11.5 Å². The van der Waals surface area contributed by atoms with E-state index >= 15 is 0 Å². The number of benzene rings is 2. The number of anilines is 1. The minimum atomic E-state index is -0.396. The average Bonchev–Trinajstić information content (AvgIpc) is 2.95. The van der Waals surface area contributed by atoms with Gasteiger partial charge in [-0.05, 0) is 29.8 Å². The molecule has 3 rings (SSSR count). The molecule has 1 heterocycles. The molecule has 0 amide bonds. The molecule has 0 aliphatic rings. The van der Waals surface area contributed by atoms with E-state index in [1.54, 1.807) is 24.3 Å². The number of aromatic nitrogens is 1. The second-order valence-electron chi connectivity index (χ2n) is 5.10. The predicted octanol–water partition coefficient (Wildman–Crippen LogP) is 4.03. The van der Waals surface area contributed by atoms with E-state index in [4.69, 9.17) is 25.6 Å². The van der Waals surface area contributed by atoms with Gasteiger partial charge < -0.3 is 19.3 Å². The van der Waals surface area contributed by atoms with Crippen LogP contribution in [0.1, 0.15) is 12.5 Å². The summed E-state index contributed by atoms with van der Waals surface area (Å²) >= 11 is 5.93. The van der Waals surface area contributed by atoms with Gasteiger partial charge in [-0.3, -0.25) is 4.79 Å². The number of methoxy groups -OCH3 is 1. The van der Waals surface area contributed by atoms with Crippen LogP contribution in [0.25, 0.3) is 11.0 Å². The molecule has 0 bridgehead atoms. The van der Waals surface area contributed by atoms with Crippen LogP contribution >= 0.6 is 11.6 Å². The van der Waals surface area contributed by atoms with Crippen molar-refractivity contribution in [3.63, 3.8) is 0 Å². The number of nitrogens with zero attached hydrogens (tertiary/aromatic N) is 1. The lowest BCUT2D eigenvalue weighted by Gasteiger charge is -2.10. The van der Waals surface area contributed by atoms with Crippen molar-refractivity contribution in [2.75, 3.05) is 12.4 Å². The molecule has 6 nitrogen and oxygen atoms in total. The van der Waals surface area contributed by atoms with Gasteiger partial charge in [0.1, 0.15) is 0 Å². The van der Waals surface area contributed by atoms with E-state index in [2.05, 4.69) is 10.5 Å². The van der Waals surface area contributed by atoms with Crippen molar-refractivity contribution in [1.82, 2.24) is 5.16 Å². The fraction of sp³-hybridized carbons (Fsp3) is 0.176. The van der Waals surface area contributed by atoms with Gasteiger partial charge in [0.25, 0.3) is 0 Å². The average molecular weight is 347 g/mol. The van der Waals surface area contributed by atoms with Crippen LogP contribution in [-0.4, -0.2) is 18.2 Å². The number of carbonyl (C=O) groups excluding carboxylic acids is 1. The van der Waals surface area contributed by atoms with Crippen LogP contribution in [0.4, 0.5) is 5.82 Å². The molecule has 0 saturated heterocycles. The number of rotatable bonds is 5. The topological polar surface area (TPSA) is 73.6 Å². The van der Waals surface area contributed by atoms with Crippen molar-refractivity contribution in [3.8, 4) is 11.5 Å². The van der Waals surface area contributed by atoms with Crippen molar-refractivity contribution in [1.29, 1.82) is 0 Å². The third kappa shape index (κ3) is 3.44. The van der Waals surface area contributed by atoms with Crippen LogP contribution < -0.4 is 14.8 Å². The van der Waals surface area contributed by atoms with Gasteiger partial charge in [-0.2, -0.15) is 0 Å². The minimum Gasteiger partial charge on any atom is -0.493 e. The molecule has 0 radical (unpaired) electrons. The van der Waals surface area contributed by atoms with Gasteiger partial charge >= 0.3 is 5.97 Å². The van der Waals surface area contributed by atoms with Gasteiger partial charge in [0.05, 0.1) is 12.5 Å². The maximum atomic E-state index is 11.1. The molecular formula is C17H15ClN2O4. The molecule has 3 aromatic rings. The summed E-state index contributed by atoms with van der Waals surface area (Å²) in [5, 5.41) is 8.65. The molecule has 1 N–H and O–H groups in total. The summed E-state index contributed by atoms with van der Waals surface area (Å²) in [5.74, 6) is 1.10. The summed E-state index contributed by atoms with van der Waals surface area (Å²) in [6.45, 7) is 1.85. The van der Waals surface area contributed by atoms with Gasteiger partial charge in [-0.25, -0.2) is 0 Å². The molecule has 0 saturated carbocycles. The summed E-state index contributed by atoms with van der Waals surface area (Å²) in [7, 11) is 1.52. The Morgan fingerprint density at radius 1 is 1.25 bits per heavy atom. The summed E-state index contributed by atoms with van der Waals surface area (Å²) in [6.07, 6.45) is 0. The van der Waals surface area contributed by atoms with Crippen LogP contribution in [0.2, 0.25) is 5.02 Å². The number of fused-ring (bicyclic) bond motifs is 1. The summed E-state index contributed by atoms with van der Waals surface area (Å²) < 4.78 is 15.6. The highest BCUT2D eigenvalue weighted by Crippen LogP contribution is 2.29. The monoisotopic (exact) mass is 346 g/mol. The Morgan fingerprint density at radius 3 is 2.83 bits per heavy atom. The predicted molar refractivity (Wildman–Crippen MR) is 90.6 cm³/mol. The van der Waals surface area contributed by atoms with Gasteiger partial charge in [0.2, 0.25) is 0 Å². The molecule has 0 aliphatic carbocycles. The number of halogens is 1. The van der Waals surface area contributed by atoms with E-state index in [1.807, 2.05) is 12.1 Å². The Morgan fingerprint density at radius 2 is 2.08 bits per heavy atom. The number of nitrogens with one attached hydrogen (secondary N) is 1. The zero-order valence-electron chi connectivity index (χ0n) is 13.1. The van der Waals surface area contributed by atoms with Crippen LogP contribution in [0.3, 0.4) is 0 Å². The van der Waals surface area contributed by atoms with E-state index in [1.165, 1.54) is 14.0 Å². The molecule has 0 spiro atoms. The van der Waals surface area contributed by atoms with Gasteiger partial charge in [-0.1, -0.05) is 22.8 Å². The first kappa shape index (κ1) is 16.1. The number of carbonyl (C=O) groups is 1. The molecule has 1 aromatic heterocycles. The smallest absolute Gasteiger partial charge is 0.308 e. The molecule has 0 fully saturated rings. The Kier molecular flexibility index (Phi) is 4.57. The standard InChI is InChI=1S/C17H15ClN2O4/c1-10(21)23-14-6-3-11(7-16(14)22-2)9-19-17-13-5-4-12(18)8-15(13)24-20-17/h3-8H,9H2,1-2H3,(H,19,20). The Hall–Kier alpha value is -2.73. The molecule has 7 heteroatoms. The summed E-state index contributed by atoms with van der Waals surface area (Å²) in [4.78, 5) is 11.1. The second-order valence-corrected chi connectivity index (χ2v) is 5.54. The second kappa shape index (κ2) is 6.80. The molecule has 24 heavy (non-hydrogen) atoms. The van der Waals surface area contributed by atoms with Crippen molar-refractivity contribution >= 4 is 34.4 Å². The van der Waals surface area contributed by atoms with Crippen molar-refractivity contribution in [2.45, 2.75) is 13.5 Å². The van der Waals surface area contributed by atoms with Crippen molar-refractivity contribution < 1.29 is 18.8 Å². The molecular weight excluding hydrogens is 332 g/mol. The first-order chi connectivity index (χ1) is 11.6. The van der Waals surface area contributed by atoms with Gasteiger partial charge in [0.15, 0.2) is 22.9 Å². The first-order valence-corrected chi connectivity index (χ1v) is 7.59. The summed E-state index contributed by atoms with van der Waals surface area (Å²) in [5.41, 5.74) is 1.56. The third-order valence-corrected chi connectivity index (χ3v) is 3.61. The van der Waals surface area contributed by atoms with Crippen molar-refractivity contribution in [3.05, 3.63) is 47.0 Å². The Bertz CT molecular complexity index is 891. The van der Waals surface area contributed by atoms with E-state index < -0.39 is 5.97 Å². The lowest BCUT2D eigenvalue weighted by atomic mass is 10.2. The van der Waals surface area contributed by atoms with E-state index in [0.717, 1.165) is 10.9 Å². The number of ether oxygens (including phenoxy) is 2. The number of hydrogen-bond donors (Lipinski definition) is 1. The first-order valence-electron chi connectivity index (χ1n) is 7.21. The fourth-order valence-electron chi connectivity index (χ4n) is 2.29. The van der Waals surface area contributed by atoms with Crippen molar-refractivity contribution in [2.24, 2.45) is 0 Å². The zero-order valence-corrected chi connectivity index (χ0v) is 13.9. The highest BCUT2D eigenvalue weighted by Gasteiger charge is 2.10. The molecule has 0 unspecified atom stereocenters. The largest absolute Gasteiger partial charge is 0.493 e. The molecule has 0 aliphatic heterocycles. The normalized spacial score (nSPS) is 10.6. The molecule has 2 aromatic carbocycles. The number of esters is 1. The molecule has 0 atom stereocenters. The zero-order chi connectivity index (χ0) is 17.1. The quantitative estimate of drug-likeness (QED) is 0.555. The highest BCUT2D eigenvalue weighted by molar-refractivity contribution is 6.31. The Labute approximate surface area is 143 Å². The fourth-order valence-corrected chi connectivity index (χ4v) is 2.45. The maximum absolute atomic E-state index is 11.1.